The van der Waals surface area contributed by atoms with E-state index in [1.807, 2.05) is 0 Å². The molecule has 1 aromatic rings. The van der Waals surface area contributed by atoms with Crippen molar-refractivity contribution in [3.63, 3.8) is 0 Å². The van der Waals surface area contributed by atoms with Crippen LogP contribution in [0.3, 0.4) is 0 Å². The van der Waals surface area contributed by atoms with Gasteiger partial charge in [0.05, 0.1) is 0 Å². The highest BCUT2D eigenvalue weighted by Crippen LogP contribution is 2.22. The van der Waals surface area contributed by atoms with E-state index in [-0.39, 0.29) is 17.0 Å². The summed E-state index contributed by atoms with van der Waals surface area (Å²) in [4.78, 5) is 23.1. The van der Waals surface area contributed by atoms with Crippen molar-refractivity contribution in [3.05, 3.63) is 52.4 Å². The van der Waals surface area contributed by atoms with Gasteiger partial charge in [-0.3, -0.25) is 14.9 Å². The molecule has 0 fully saturated rings. The Morgan fingerprint density at radius 1 is 1.21 bits per heavy atom. The number of carbonyl (C=O) groups is 2. The van der Waals surface area contributed by atoms with E-state index in [0.29, 0.717) is 11.1 Å². The quantitative estimate of drug-likeness (QED) is 0.614. The average molecular weight is 256 g/mol. The summed E-state index contributed by atoms with van der Waals surface area (Å²) in [5.41, 5.74) is 1.06. The van der Waals surface area contributed by atoms with Gasteiger partial charge in [-0.25, -0.2) is 4.39 Å². The van der Waals surface area contributed by atoms with Gasteiger partial charge in [-0.15, -0.1) is 0 Å². The number of hydrogen-bond donors (Lipinski definition) is 1. The first kappa shape index (κ1) is 12.7. The molecule has 4 nitrogen and oxygen atoms in total. The van der Waals surface area contributed by atoms with Crippen LogP contribution in [0.4, 0.5) is 4.39 Å². The Kier molecular flexibility index (Phi) is 3.25. The standard InChI is InChI=1S/C14H9FN2O2/c1-8-11(6-9-2-4-10(15)5-3-9)13(18)17-14(19)12(8)7-16/h2-6H,1H3,(H,17,18,19)/b11-6-. The maximum Gasteiger partial charge on any atom is 0.269 e. The third-order valence-corrected chi connectivity index (χ3v) is 2.77. The number of hydrogen-bond acceptors (Lipinski definition) is 3. The molecule has 0 atom stereocenters. The van der Waals surface area contributed by atoms with E-state index in [1.54, 1.807) is 6.07 Å². The van der Waals surface area contributed by atoms with Crippen molar-refractivity contribution in [1.29, 1.82) is 5.26 Å². The minimum atomic E-state index is -0.693. The van der Waals surface area contributed by atoms with Gasteiger partial charge in [-0.2, -0.15) is 5.26 Å². The molecule has 2 rings (SSSR count). The van der Waals surface area contributed by atoms with Crippen molar-refractivity contribution in [3.8, 4) is 6.07 Å². The first-order valence-electron chi connectivity index (χ1n) is 5.47. The zero-order chi connectivity index (χ0) is 14.0. The number of nitrogens with one attached hydrogen (secondary N) is 1. The summed E-state index contributed by atoms with van der Waals surface area (Å²) >= 11 is 0. The molecule has 0 saturated carbocycles. The molecule has 1 aromatic carbocycles. The van der Waals surface area contributed by atoms with Crippen LogP contribution in [0.5, 0.6) is 0 Å². The minimum Gasteiger partial charge on any atom is -0.288 e. The SMILES string of the molecule is CC1=C(C#N)C(=O)NC(=O)/C1=C\c1ccc(F)cc1. The second-order valence-corrected chi connectivity index (χ2v) is 4.00. The van der Waals surface area contributed by atoms with E-state index in [2.05, 4.69) is 5.32 Å². The summed E-state index contributed by atoms with van der Waals surface area (Å²) in [6.45, 7) is 1.53. The van der Waals surface area contributed by atoms with Gasteiger partial charge < -0.3 is 0 Å². The second kappa shape index (κ2) is 4.86. The molecule has 94 valence electrons. The molecular weight excluding hydrogens is 247 g/mol. The van der Waals surface area contributed by atoms with Crippen LogP contribution in [0.1, 0.15) is 12.5 Å². The lowest BCUT2D eigenvalue weighted by molar-refractivity contribution is -0.126. The van der Waals surface area contributed by atoms with Gasteiger partial charge >= 0.3 is 0 Å². The van der Waals surface area contributed by atoms with Crippen molar-refractivity contribution < 1.29 is 14.0 Å². The number of rotatable bonds is 1. The van der Waals surface area contributed by atoms with E-state index >= 15 is 0 Å². The highest BCUT2D eigenvalue weighted by atomic mass is 19.1. The van der Waals surface area contributed by atoms with Gasteiger partial charge in [0.25, 0.3) is 11.8 Å². The fourth-order valence-electron chi connectivity index (χ4n) is 1.74. The maximum absolute atomic E-state index is 12.8. The third-order valence-electron chi connectivity index (χ3n) is 2.77. The lowest BCUT2D eigenvalue weighted by Gasteiger charge is -2.15. The molecule has 0 unspecified atom stereocenters. The summed E-state index contributed by atoms with van der Waals surface area (Å²) in [5, 5.41) is 11.0. The summed E-state index contributed by atoms with van der Waals surface area (Å²) < 4.78 is 12.8. The second-order valence-electron chi connectivity index (χ2n) is 4.00. The molecular formula is C14H9FN2O2. The topological polar surface area (TPSA) is 70.0 Å². The van der Waals surface area contributed by atoms with E-state index in [1.165, 1.54) is 37.3 Å². The molecule has 0 saturated heterocycles. The molecule has 0 bridgehead atoms. The molecule has 0 spiro atoms. The lowest BCUT2D eigenvalue weighted by atomic mass is 9.95. The Morgan fingerprint density at radius 2 is 1.84 bits per heavy atom. The van der Waals surface area contributed by atoms with Crippen molar-refractivity contribution in [1.82, 2.24) is 5.32 Å². The van der Waals surface area contributed by atoms with Crippen LogP contribution in [-0.2, 0) is 9.59 Å². The zero-order valence-corrected chi connectivity index (χ0v) is 10.0. The number of benzene rings is 1. The van der Waals surface area contributed by atoms with Crippen LogP contribution in [-0.4, -0.2) is 11.8 Å². The minimum absolute atomic E-state index is 0.0899. The van der Waals surface area contributed by atoms with Crippen LogP contribution >= 0.6 is 0 Å². The molecule has 0 radical (unpaired) electrons. The van der Waals surface area contributed by atoms with Gasteiger partial charge in [0.1, 0.15) is 17.5 Å². The van der Waals surface area contributed by atoms with Gasteiger partial charge in [0.2, 0.25) is 0 Å². The Morgan fingerprint density at radius 3 is 2.42 bits per heavy atom. The maximum atomic E-state index is 12.8. The fraction of sp³-hybridized carbons (Fsp3) is 0.0714. The Hall–Kier alpha value is -2.74. The van der Waals surface area contributed by atoms with Gasteiger partial charge in [0, 0.05) is 5.57 Å². The molecule has 19 heavy (non-hydrogen) atoms. The molecule has 5 heteroatoms. The Bertz CT molecular complexity index is 664. The molecule has 0 aromatic heterocycles. The highest BCUT2D eigenvalue weighted by molar-refractivity contribution is 6.19. The van der Waals surface area contributed by atoms with Crippen molar-refractivity contribution >= 4 is 17.9 Å². The average Bonchev–Trinajstić information content (AvgIpc) is 2.37. The molecule has 0 aliphatic carbocycles. The van der Waals surface area contributed by atoms with E-state index in [4.69, 9.17) is 5.26 Å². The largest absolute Gasteiger partial charge is 0.288 e. The molecule has 2 amide bonds. The summed E-state index contributed by atoms with van der Waals surface area (Å²) in [5.74, 6) is -1.64. The lowest BCUT2D eigenvalue weighted by Crippen LogP contribution is -2.37. The number of halogens is 1. The van der Waals surface area contributed by atoms with Crippen LogP contribution < -0.4 is 5.32 Å². The summed E-state index contributed by atoms with van der Waals surface area (Å²) in [7, 11) is 0. The van der Waals surface area contributed by atoms with Gasteiger partial charge in [-0.1, -0.05) is 12.1 Å². The van der Waals surface area contributed by atoms with Crippen LogP contribution in [0, 0.1) is 17.1 Å². The number of nitriles is 1. The number of carbonyl (C=O) groups excluding carboxylic acids is 2. The van der Waals surface area contributed by atoms with Crippen molar-refractivity contribution in [2.75, 3.05) is 0 Å². The van der Waals surface area contributed by atoms with Crippen LogP contribution in [0.2, 0.25) is 0 Å². The van der Waals surface area contributed by atoms with Crippen molar-refractivity contribution in [2.24, 2.45) is 0 Å². The molecule has 1 aliphatic rings. The predicted octanol–water partition coefficient (Wildman–Crippen LogP) is 1.71. The van der Waals surface area contributed by atoms with Crippen LogP contribution in [0.25, 0.3) is 6.08 Å². The normalized spacial score (nSPS) is 17.4. The van der Waals surface area contributed by atoms with Crippen molar-refractivity contribution in [2.45, 2.75) is 6.92 Å². The molecule has 1 aliphatic heterocycles. The summed E-state index contributed by atoms with van der Waals surface area (Å²) in [6.07, 6.45) is 1.51. The van der Waals surface area contributed by atoms with E-state index in [0.717, 1.165) is 0 Å². The Labute approximate surface area is 108 Å². The number of nitrogens with zero attached hydrogens (tertiary/aromatic N) is 1. The smallest absolute Gasteiger partial charge is 0.269 e. The zero-order valence-electron chi connectivity index (χ0n) is 10.0. The Balaban J connectivity index is 2.51. The van der Waals surface area contributed by atoms with Gasteiger partial charge in [0.15, 0.2) is 0 Å². The highest BCUT2D eigenvalue weighted by Gasteiger charge is 2.27. The fourth-order valence-corrected chi connectivity index (χ4v) is 1.74. The predicted molar refractivity (Wildman–Crippen MR) is 65.8 cm³/mol. The van der Waals surface area contributed by atoms with E-state index < -0.39 is 11.8 Å². The monoisotopic (exact) mass is 256 g/mol. The van der Waals surface area contributed by atoms with Gasteiger partial charge in [-0.05, 0) is 36.3 Å². The third kappa shape index (κ3) is 2.43. The molecule has 1 heterocycles. The number of imide groups is 1. The first-order valence-corrected chi connectivity index (χ1v) is 5.47. The number of amides is 2. The molecule has 1 N–H and O–H groups in total. The van der Waals surface area contributed by atoms with E-state index in [9.17, 15) is 14.0 Å². The van der Waals surface area contributed by atoms with Crippen LogP contribution in [0.15, 0.2) is 41.0 Å². The first-order chi connectivity index (χ1) is 9.02. The summed E-state index contributed by atoms with van der Waals surface area (Å²) in [6, 6.07) is 7.31.